The zero-order valence-corrected chi connectivity index (χ0v) is 11.5. The summed E-state index contributed by atoms with van der Waals surface area (Å²) in [6, 6.07) is 0. The van der Waals surface area contributed by atoms with Crippen molar-refractivity contribution in [1.29, 1.82) is 0 Å². The van der Waals surface area contributed by atoms with E-state index in [0.29, 0.717) is 13.1 Å². The quantitative estimate of drug-likeness (QED) is 0.778. The molecule has 4 nitrogen and oxygen atoms in total. The van der Waals surface area contributed by atoms with Crippen molar-refractivity contribution in [3.63, 3.8) is 0 Å². The number of amides is 1. The lowest BCUT2D eigenvalue weighted by Crippen LogP contribution is -2.45. The molecule has 2 atom stereocenters. The van der Waals surface area contributed by atoms with Gasteiger partial charge >= 0.3 is 6.09 Å². The summed E-state index contributed by atoms with van der Waals surface area (Å²) in [6.07, 6.45) is 0.955. The molecule has 1 aliphatic heterocycles. The molecular formula is C12H22ClNO3. The molecule has 1 rings (SSSR count). The molecule has 1 N–H and O–H groups in total. The van der Waals surface area contributed by atoms with Crippen LogP contribution in [0.3, 0.4) is 0 Å². The largest absolute Gasteiger partial charge is 0.444 e. The van der Waals surface area contributed by atoms with Gasteiger partial charge in [0, 0.05) is 24.9 Å². The van der Waals surface area contributed by atoms with Crippen LogP contribution in [0.1, 0.15) is 33.6 Å². The van der Waals surface area contributed by atoms with Gasteiger partial charge in [-0.1, -0.05) is 0 Å². The van der Waals surface area contributed by atoms with Crippen LogP contribution < -0.4 is 0 Å². The van der Waals surface area contributed by atoms with Crippen molar-refractivity contribution in [3.05, 3.63) is 0 Å². The molecule has 2 unspecified atom stereocenters. The Morgan fingerprint density at radius 2 is 2.24 bits per heavy atom. The van der Waals surface area contributed by atoms with Gasteiger partial charge in [-0.25, -0.2) is 4.79 Å². The Morgan fingerprint density at radius 3 is 2.76 bits per heavy atom. The predicted molar refractivity (Wildman–Crippen MR) is 67.3 cm³/mol. The van der Waals surface area contributed by atoms with E-state index in [1.165, 1.54) is 0 Å². The van der Waals surface area contributed by atoms with Crippen LogP contribution in [0.2, 0.25) is 0 Å². The molecule has 5 heteroatoms. The van der Waals surface area contributed by atoms with Crippen LogP contribution in [0.15, 0.2) is 0 Å². The number of hydrogen-bond donors (Lipinski definition) is 1. The molecule has 0 aromatic carbocycles. The van der Waals surface area contributed by atoms with Gasteiger partial charge in [-0.15, -0.1) is 11.6 Å². The number of ether oxygens (including phenoxy) is 1. The van der Waals surface area contributed by atoms with E-state index in [-0.39, 0.29) is 17.9 Å². The van der Waals surface area contributed by atoms with E-state index >= 15 is 0 Å². The molecular weight excluding hydrogens is 242 g/mol. The number of aliphatic hydroxyl groups is 1. The number of aliphatic hydroxyl groups excluding tert-OH is 1. The van der Waals surface area contributed by atoms with Crippen molar-refractivity contribution in [2.24, 2.45) is 5.92 Å². The van der Waals surface area contributed by atoms with Crippen molar-refractivity contribution in [1.82, 2.24) is 4.90 Å². The van der Waals surface area contributed by atoms with Crippen molar-refractivity contribution < 1.29 is 14.6 Å². The van der Waals surface area contributed by atoms with Crippen LogP contribution in [-0.2, 0) is 4.74 Å². The van der Waals surface area contributed by atoms with E-state index in [2.05, 4.69) is 0 Å². The van der Waals surface area contributed by atoms with Gasteiger partial charge in [-0.05, 0) is 33.6 Å². The fourth-order valence-electron chi connectivity index (χ4n) is 1.94. The Balaban J connectivity index is 2.52. The fraction of sp³-hybridized carbons (Fsp3) is 0.917. The maximum atomic E-state index is 11.9. The normalized spacial score (nSPS) is 23.4. The van der Waals surface area contributed by atoms with E-state index in [1.807, 2.05) is 20.8 Å². The number of carbonyl (C=O) groups excluding carboxylic acids is 1. The minimum Gasteiger partial charge on any atom is -0.444 e. The van der Waals surface area contributed by atoms with Gasteiger partial charge in [-0.2, -0.15) is 0 Å². The number of likely N-dealkylation sites (tertiary alicyclic amines) is 1. The molecule has 0 aromatic rings. The average molecular weight is 264 g/mol. The summed E-state index contributed by atoms with van der Waals surface area (Å²) in [5, 5.41) is 9.70. The summed E-state index contributed by atoms with van der Waals surface area (Å²) in [5.41, 5.74) is -0.477. The monoisotopic (exact) mass is 263 g/mol. The third-order valence-corrected chi connectivity index (χ3v) is 3.13. The maximum Gasteiger partial charge on any atom is 0.410 e. The molecule has 1 fully saturated rings. The third-order valence-electron chi connectivity index (χ3n) is 2.81. The molecule has 0 saturated carbocycles. The Bertz CT molecular complexity index is 265. The number of rotatable bonds is 2. The minimum absolute atomic E-state index is 0.0637. The standard InChI is InChI=1S/C12H22ClNO3/c1-12(2,3)17-11(16)14-6-4-5-9(8-14)10(15)7-13/h9-10,15H,4-8H2,1-3H3. The average Bonchev–Trinajstić information content (AvgIpc) is 2.26. The summed E-state index contributed by atoms with van der Waals surface area (Å²) < 4.78 is 5.31. The molecule has 1 saturated heterocycles. The number of nitrogens with zero attached hydrogens (tertiary/aromatic N) is 1. The first kappa shape index (κ1) is 14.6. The molecule has 0 spiro atoms. The second kappa shape index (κ2) is 5.91. The smallest absolute Gasteiger partial charge is 0.410 e. The van der Waals surface area contributed by atoms with Gasteiger partial charge in [0.2, 0.25) is 0 Å². The Hall–Kier alpha value is -0.480. The van der Waals surface area contributed by atoms with Gasteiger partial charge in [-0.3, -0.25) is 0 Å². The second-order valence-corrected chi connectivity index (χ2v) is 5.86. The molecule has 17 heavy (non-hydrogen) atoms. The number of hydrogen-bond acceptors (Lipinski definition) is 3. The van der Waals surface area contributed by atoms with Crippen LogP contribution in [0.5, 0.6) is 0 Å². The lowest BCUT2D eigenvalue weighted by molar-refractivity contribution is 0.00582. The zero-order valence-electron chi connectivity index (χ0n) is 10.8. The van der Waals surface area contributed by atoms with E-state index in [1.54, 1.807) is 4.90 Å². The highest BCUT2D eigenvalue weighted by Crippen LogP contribution is 2.22. The summed E-state index contributed by atoms with van der Waals surface area (Å²) in [6.45, 7) is 6.77. The first-order valence-electron chi connectivity index (χ1n) is 6.05. The van der Waals surface area contributed by atoms with Gasteiger partial charge < -0.3 is 14.7 Å². The summed E-state index contributed by atoms with van der Waals surface area (Å²) in [5.74, 6) is 0.279. The highest BCUT2D eigenvalue weighted by molar-refractivity contribution is 6.18. The van der Waals surface area contributed by atoms with Crippen LogP contribution in [0.4, 0.5) is 4.79 Å². The van der Waals surface area contributed by atoms with E-state index in [4.69, 9.17) is 16.3 Å². The van der Waals surface area contributed by atoms with Gasteiger partial charge in [0.15, 0.2) is 0 Å². The highest BCUT2D eigenvalue weighted by Gasteiger charge is 2.30. The van der Waals surface area contributed by atoms with Crippen molar-refractivity contribution in [2.75, 3.05) is 19.0 Å². The second-order valence-electron chi connectivity index (χ2n) is 5.55. The predicted octanol–water partition coefficient (Wildman–Crippen LogP) is 2.23. The molecule has 100 valence electrons. The Morgan fingerprint density at radius 1 is 1.59 bits per heavy atom. The molecule has 1 heterocycles. The SMILES string of the molecule is CC(C)(C)OC(=O)N1CCCC(C(O)CCl)C1. The lowest BCUT2D eigenvalue weighted by atomic mass is 9.93. The maximum absolute atomic E-state index is 11.9. The molecule has 0 aliphatic carbocycles. The minimum atomic E-state index is -0.540. The Labute approximate surface area is 108 Å². The first-order chi connectivity index (χ1) is 7.83. The van der Waals surface area contributed by atoms with Crippen LogP contribution in [-0.4, -0.2) is 46.8 Å². The molecule has 1 aliphatic rings. The summed E-state index contributed by atoms with van der Waals surface area (Å²) in [4.78, 5) is 13.5. The van der Waals surface area contributed by atoms with Crippen LogP contribution in [0.25, 0.3) is 0 Å². The lowest BCUT2D eigenvalue weighted by Gasteiger charge is -2.35. The van der Waals surface area contributed by atoms with E-state index in [9.17, 15) is 9.90 Å². The van der Waals surface area contributed by atoms with Gasteiger partial charge in [0.05, 0.1) is 6.10 Å². The van der Waals surface area contributed by atoms with Crippen LogP contribution >= 0.6 is 11.6 Å². The van der Waals surface area contributed by atoms with Crippen molar-refractivity contribution >= 4 is 17.7 Å². The fourth-order valence-corrected chi connectivity index (χ4v) is 2.19. The number of alkyl halides is 1. The summed E-state index contributed by atoms with van der Waals surface area (Å²) in [7, 11) is 0. The molecule has 0 aromatic heterocycles. The van der Waals surface area contributed by atoms with E-state index in [0.717, 1.165) is 12.8 Å². The molecule has 0 radical (unpaired) electrons. The van der Waals surface area contributed by atoms with Gasteiger partial charge in [0.1, 0.15) is 5.60 Å². The van der Waals surface area contributed by atoms with Crippen molar-refractivity contribution in [2.45, 2.75) is 45.3 Å². The first-order valence-corrected chi connectivity index (χ1v) is 6.59. The number of carbonyl (C=O) groups is 1. The third kappa shape index (κ3) is 4.72. The topological polar surface area (TPSA) is 49.8 Å². The number of halogens is 1. The van der Waals surface area contributed by atoms with Gasteiger partial charge in [0.25, 0.3) is 0 Å². The molecule has 1 amide bonds. The number of piperidine rings is 1. The highest BCUT2D eigenvalue weighted by atomic mass is 35.5. The Kier molecular flexibility index (Phi) is 5.07. The zero-order chi connectivity index (χ0) is 13.1. The summed E-state index contributed by atoms with van der Waals surface area (Å²) >= 11 is 5.63. The van der Waals surface area contributed by atoms with Crippen molar-refractivity contribution in [3.8, 4) is 0 Å². The molecule has 0 bridgehead atoms. The van der Waals surface area contributed by atoms with E-state index < -0.39 is 11.7 Å². The van der Waals surface area contributed by atoms with Crippen LogP contribution in [0, 0.1) is 5.92 Å².